The molecule has 0 atom stereocenters. The number of nitrogens with one attached hydrogen (secondary N) is 1. The van der Waals surface area contributed by atoms with E-state index in [9.17, 15) is 18.4 Å². The Labute approximate surface area is 169 Å². The highest BCUT2D eigenvalue weighted by Gasteiger charge is 2.18. The quantitative estimate of drug-likeness (QED) is 0.485. The van der Waals surface area contributed by atoms with Gasteiger partial charge in [0.15, 0.2) is 5.78 Å². The first-order chi connectivity index (χ1) is 13.7. The zero-order valence-electron chi connectivity index (χ0n) is 17.2. The van der Waals surface area contributed by atoms with E-state index in [1.807, 2.05) is 36.4 Å². The van der Waals surface area contributed by atoms with E-state index in [-0.39, 0.29) is 24.0 Å². The Kier molecular flexibility index (Phi) is 7.90. The number of hydrogen-bond donors (Lipinski definition) is 1. The van der Waals surface area contributed by atoms with Gasteiger partial charge in [-0.05, 0) is 64.2 Å². The van der Waals surface area contributed by atoms with E-state index in [4.69, 9.17) is 0 Å². The summed E-state index contributed by atoms with van der Waals surface area (Å²) in [5.41, 5.74) is 3.07. The Morgan fingerprint density at radius 2 is 1.86 bits per heavy atom. The molecular weight excluding hydrogens is 380 g/mol. The maximum atomic E-state index is 12.8. The van der Waals surface area contributed by atoms with Gasteiger partial charge < -0.3 is 14.6 Å². The van der Waals surface area contributed by atoms with Gasteiger partial charge in [0.2, 0.25) is 5.91 Å². The fourth-order valence-electron chi connectivity index (χ4n) is 3.24. The molecule has 0 spiro atoms. The highest BCUT2D eigenvalue weighted by atomic mass is 19.3. The molecule has 8 heteroatoms. The summed E-state index contributed by atoms with van der Waals surface area (Å²) >= 11 is 0. The molecule has 1 aromatic heterocycles. The number of aryl methyl sites for hydroxylation is 1. The van der Waals surface area contributed by atoms with E-state index < -0.39 is 6.61 Å². The summed E-state index contributed by atoms with van der Waals surface area (Å²) < 4.78 is 30.9. The third kappa shape index (κ3) is 6.39. The van der Waals surface area contributed by atoms with Crippen molar-refractivity contribution in [2.45, 2.75) is 33.8 Å². The summed E-state index contributed by atoms with van der Waals surface area (Å²) in [6, 6.07) is 8.15. The van der Waals surface area contributed by atoms with Crippen molar-refractivity contribution in [1.82, 2.24) is 14.8 Å². The largest absolute Gasteiger partial charge is 0.435 e. The molecule has 0 bridgehead atoms. The Hall–Kier alpha value is -2.74. The molecule has 6 nitrogen and oxygen atoms in total. The lowest BCUT2D eigenvalue weighted by molar-refractivity contribution is -0.118. The van der Waals surface area contributed by atoms with Gasteiger partial charge in [-0.1, -0.05) is 0 Å². The number of alkyl halides is 2. The second-order valence-electron chi connectivity index (χ2n) is 6.99. The molecule has 0 aliphatic rings. The maximum absolute atomic E-state index is 12.8. The van der Waals surface area contributed by atoms with Crippen LogP contribution in [0.1, 0.15) is 35.1 Å². The van der Waals surface area contributed by atoms with Crippen LogP contribution < -0.4 is 10.1 Å². The van der Waals surface area contributed by atoms with Crippen molar-refractivity contribution in [3.05, 3.63) is 47.3 Å². The topological polar surface area (TPSA) is 63.6 Å². The minimum absolute atomic E-state index is 0.00373. The fraction of sp³-hybridized carbons (Fsp3) is 0.429. The van der Waals surface area contributed by atoms with Crippen LogP contribution in [0.25, 0.3) is 5.69 Å². The Morgan fingerprint density at radius 1 is 1.21 bits per heavy atom. The SMILES string of the molecule is CC(=O)NCCCN(C)CC(=O)c1cc(C)n(-c2ccc(OC(F)F)cc2)c1C. The first-order valence-electron chi connectivity index (χ1n) is 9.39. The van der Waals surface area contributed by atoms with Crippen molar-refractivity contribution < 1.29 is 23.1 Å². The number of benzene rings is 1. The summed E-state index contributed by atoms with van der Waals surface area (Å²) in [5.74, 6) is 0.0254. The zero-order chi connectivity index (χ0) is 21.6. The first kappa shape index (κ1) is 22.5. The minimum atomic E-state index is -2.87. The summed E-state index contributed by atoms with van der Waals surface area (Å²) in [5, 5.41) is 2.73. The van der Waals surface area contributed by atoms with E-state index in [1.54, 1.807) is 12.1 Å². The normalized spacial score (nSPS) is 11.2. The molecule has 0 fully saturated rings. The monoisotopic (exact) mass is 407 g/mol. The standard InChI is InChI=1S/C21H27F2N3O3/c1-14-12-19(20(28)13-25(4)11-5-10-24-16(3)27)15(2)26(14)17-6-8-18(9-7-17)29-21(22)23/h6-9,12,21H,5,10-11,13H2,1-4H3,(H,24,27). The second-order valence-corrected chi connectivity index (χ2v) is 6.99. The molecule has 0 radical (unpaired) electrons. The molecule has 0 aliphatic heterocycles. The predicted molar refractivity (Wildman–Crippen MR) is 107 cm³/mol. The molecule has 0 unspecified atom stereocenters. The van der Waals surface area contributed by atoms with E-state index in [0.717, 1.165) is 23.5 Å². The van der Waals surface area contributed by atoms with Crippen LogP contribution in [0.4, 0.5) is 8.78 Å². The number of likely N-dealkylation sites (N-methyl/N-ethyl adjacent to an activating group) is 1. The van der Waals surface area contributed by atoms with Gasteiger partial charge in [-0.25, -0.2) is 0 Å². The van der Waals surface area contributed by atoms with Gasteiger partial charge in [-0.3, -0.25) is 14.5 Å². The van der Waals surface area contributed by atoms with Gasteiger partial charge in [0, 0.05) is 36.1 Å². The molecule has 1 heterocycles. The highest BCUT2D eigenvalue weighted by Crippen LogP contribution is 2.24. The summed E-state index contributed by atoms with van der Waals surface area (Å²) in [6.07, 6.45) is 0.759. The van der Waals surface area contributed by atoms with Gasteiger partial charge >= 0.3 is 6.61 Å². The third-order valence-electron chi connectivity index (χ3n) is 4.56. The number of rotatable bonds is 10. The molecule has 158 valence electrons. The van der Waals surface area contributed by atoms with Gasteiger partial charge in [-0.15, -0.1) is 0 Å². The van der Waals surface area contributed by atoms with E-state index in [1.165, 1.54) is 19.1 Å². The van der Waals surface area contributed by atoms with Crippen molar-refractivity contribution in [3.63, 3.8) is 0 Å². The average Bonchev–Trinajstić information content (AvgIpc) is 2.93. The average molecular weight is 407 g/mol. The lowest BCUT2D eigenvalue weighted by Crippen LogP contribution is -2.30. The van der Waals surface area contributed by atoms with Crippen molar-refractivity contribution in [1.29, 1.82) is 0 Å². The van der Waals surface area contributed by atoms with Gasteiger partial charge in [0.1, 0.15) is 5.75 Å². The minimum Gasteiger partial charge on any atom is -0.435 e. The van der Waals surface area contributed by atoms with Crippen LogP contribution in [0.3, 0.4) is 0 Å². The number of ketones is 1. The molecule has 29 heavy (non-hydrogen) atoms. The van der Waals surface area contributed by atoms with Gasteiger partial charge in [0.05, 0.1) is 6.54 Å². The Morgan fingerprint density at radius 3 is 2.45 bits per heavy atom. The number of ether oxygens (including phenoxy) is 1. The summed E-state index contributed by atoms with van der Waals surface area (Å²) in [7, 11) is 1.87. The molecule has 1 aromatic carbocycles. The van der Waals surface area contributed by atoms with Crippen LogP contribution in [0.2, 0.25) is 0 Å². The molecule has 1 N–H and O–H groups in total. The molecule has 0 saturated carbocycles. The Bertz CT molecular complexity index is 848. The number of hydrogen-bond acceptors (Lipinski definition) is 4. The second kappa shape index (κ2) is 10.2. The molecule has 0 saturated heterocycles. The number of carbonyl (C=O) groups excluding carboxylic acids is 2. The lowest BCUT2D eigenvalue weighted by atomic mass is 10.1. The molecule has 2 rings (SSSR count). The molecular formula is C21H27F2N3O3. The number of carbonyl (C=O) groups is 2. The van der Waals surface area contributed by atoms with Crippen LogP contribution in [0.5, 0.6) is 5.75 Å². The van der Waals surface area contributed by atoms with Crippen molar-refractivity contribution in [3.8, 4) is 11.4 Å². The van der Waals surface area contributed by atoms with Gasteiger partial charge in [-0.2, -0.15) is 8.78 Å². The third-order valence-corrected chi connectivity index (χ3v) is 4.56. The zero-order valence-corrected chi connectivity index (χ0v) is 17.2. The number of Topliss-reactive ketones (excluding diaryl/α,β-unsaturated/α-hetero) is 1. The molecule has 0 aliphatic carbocycles. The molecule has 2 aromatic rings. The van der Waals surface area contributed by atoms with Crippen LogP contribution >= 0.6 is 0 Å². The van der Waals surface area contributed by atoms with E-state index in [0.29, 0.717) is 18.7 Å². The van der Waals surface area contributed by atoms with E-state index in [2.05, 4.69) is 10.1 Å². The number of halogens is 2. The van der Waals surface area contributed by atoms with Crippen LogP contribution in [-0.2, 0) is 4.79 Å². The summed E-state index contributed by atoms with van der Waals surface area (Å²) in [4.78, 5) is 25.6. The number of aromatic nitrogens is 1. The van der Waals surface area contributed by atoms with E-state index >= 15 is 0 Å². The van der Waals surface area contributed by atoms with Crippen molar-refractivity contribution in [2.75, 3.05) is 26.7 Å². The molecule has 1 amide bonds. The van der Waals surface area contributed by atoms with Crippen molar-refractivity contribution in [2.24, 2.45) is 0 Å². The van der Waals surface area contributed by atoms with Crippen LogP contribution in [-0.4, -0.2) is 54.5 Å². The number of nitrogens with zero attached hydrogens (tertiary/aromatic N) is 2. The smallest absolute Gasteiger partial charge is 0.387 e. The first-order valence-corrected chi connectivity index (χ1v) is 9.39. The van der Waals surface area contributed by atoms with Crippen LogP contribution in [0, 0.1) is 13.8 Å². The fourth-order valence-corrected chi connectivity index (χ4v) is 3.24. The van der Waals surface area contributed by atoms with Crippen molar-refractivity contribution >= 4 is 11.7 Å². The highest BCUT2D eigenvalue weighted by molar-refractivity contribution is 5.99. The lowest BCUT2D eigenvalue weighted by Gasteiger charge is -2.16. The van der Waals surface area contributed by atoms with Gasteiger partial charge in [0.25, 0.3) is 0 Å². The summed E-state index contributed by atoms with van der Waals surface area (Å²) in [6.45, 7) is 3.90. The predicted octanol–water partition coefficient (Wildman–Crippen LogP) is 3.34. The van der Waals surface area contributed by atoms with Crippen LogP contribution in [0.15, 0.2) is 30.3 Å². The Balaban J connectivity index is 2.06. The maximum Gasteiger partial charge on any atom is 0.387 e. The number of amides is 1.